The van der Waals surface area contributed by atoms with Crippen LogP contribution >= 0.6 is 0 Å². The van der Waals surface area contributed by atoms with Crippen molar-refractivity contribution in [2.45, 2.75) is 39.5 Å². The van der Waals surface area contributed by atoms with Gasteiger partial charge in [-0.2, -0.15) is 0 Å². The molecule has 0 fully saturated rings. The highest BCUT2D eigenvalue weighted by atomic mass is 16.5. The van der Waals surface area contributed by atoms with E-state index in [0.29, 0.717) is 18.7 Å². The molecule has 0 rings (SSSR count). The fraction of sp³-hybridized carbons (Fsp3) is 0.800. The van der Waals surface area contributed by atoms with Crippen LogP contribution in [0, 0.1) is 5.41 Å². The van der Waals surface area contributed by atoms with E-state index in [0.717, 1.165) is 19.1 Å². The van der Waals surface area contributed by atoms with Gasteiger partial charge in [-0.1, -0.05) is 19.0 Å². The van der Waals surface area contributed by atoms with Crippen molar-refractivity contribution in [3.63, 3.8) is 0 Å². The third kappa shape index (κ3) is 2.72. The van der Waals surface area contributed by atoms with E-state index in [9.17, 15) is 4.79 Å². The van der Waals surface area contributed by atoms with Crippen molar-refractivity contribution in [1.29, 1.82) is 0 Å². The molecule has 0 aromatic rings. The highest BCUT2D eigenvalue weighted by Gasteiger charge is 2.33. The normalized spacial score (nSPS) is 12.6. The van der Waals surface area contributed by atoms with Crippen LogP contribution in [0.15, 0.2) is 5.16 Å². The number of carbonyl (C=O) groups excluding carboxylic acids is 1. The van der Waals surface area contributed by atoms with Gasteiger partial charge >= 0.3 is 0 Å². The number of aldehydes is 1. The molecule has 0 saturated carbocycles. The monoisotopic (exact) mass is 201 g/mol. The predicted octanol–water partition coefficient (Wildman–Crippen LogP) is 2.21. The van der Waals surface area contributed by atoms with E-state index in [2.05, 4.69) is 5.16 Å². The molecule has 0 aliphatic heterocycles. The SMILES string of the molecule is CCC(CC)(CCC=O)C(=NO)OC. The van der Waals surface area contributed by atoms with Crippen molar-refractivity contribution in [3.8, 4) is 0 Å². The van der Waals surface area contributed by atoms with Crippen LogP contribution in [0.2, 0.25) is 0 Å². The van der Waals surface area contributed by atoms with Gasteiger partial charge in [0.15, 0.2) is 0 Å². The van der Waals surface area contributed by atoms with Gasteiger partial charge < -0.3 is 14.7 Å². The molecule has 0 aliphatic carbocycles. The molecule has 0 aliphatic rings. The van der Waals surface area contributed by atoms with E-state index in [4.69, 9.17) is 9.94 Å². The lowest BCUT2D eigenvalue weighted by Crippen LogP contribution is -2.31. The predicted molar refractivity (Wildman–Crippen MR) is 54.5 cm³/mol. The molecule has 4 nitrogen and oxygen atoms in total. The second kappa shape index (κ2) is 6.40. The zero-order chi connectivity index (χ0) is 11.0. The topological polar surface area (TPSA) is 58.9 Å². The van der Waals surface area contributed by atoms with Gasteiger partial charge in [0, 0.05) is 11.8 Å². The number of carbonyl (C=O) groups is 1. The van der Waals surface area contributed by atoms with Crippen molar-refractivity contribution in [2.75, 3.05) is 7.11 Å². The zero-order valence-corrected chi connectivity index (χ0v) is 9.12. The Morgan fingerprint density at radius 2 is 2.07 bits per heavy atom. The first-order valence-electron chi connectivity index (χ1n) is 4.90. The number of rotatable bonds is 6. The van der Waals surface area contributed by atoms with Crippen LogP contribution in [0.5, 0.6) is 0 Å². The molecule has 0 saturated heterocycles. The summed E-state index contributed by atoms with van der Waals surface area (Å²) in [6, 6.07) is 0. The number of methoxy groups -OCH3 is 1. The Morgan fingerprint density at radius 1 is 1.50 bits per heavy atom. The summed E-state index contributed by atoms with van der Waals surface area (Å²) in [4.78, 5) is 10.3. The molecule has 0 unspecified atom stereocenters. The van der Waals surface area contributed by atoms with Crippen molar-refractivity contribution in [3.05, 3.63) is 0 Å². The van der Waals surface area contributed by atoms with Crippen LogP contribution in [0.25, 0.3) is 0 Å². The molecule has 1 N–H and O–H groups in total. The summed E-state index contributed by atoms with van der Waals surface area (Å²) in [6.07, 6.45) is 3.60. The fourth-order valence-electron chi connectivity index (χ4n) is 1.71. The number of nitrogens with zero attached hydrogens (tertiary/aromatic N) is 1. The standard InChI is InChI=1S/C10H19NO3/c1-4-10(5-2,7-6-8-12)9(11-13)14-3/h8,13H,4-7H2,1-3H3. The molecule has 0 spiro atoms. The molecule has 0 amide bonds. The lowest BCUT2D eigenvalue weighted by Gasteiger charge is -2.30. The smallest absolute Gasteiger partial charge is 0.231 e. The lowest BCUT2D eigenvalue weighted by atomic mass is 9.78. The number of hydrogen-bond acceptors (Lipinski definition) is 4. The third-order valence-corrected chi connectivity index (χ3v) is 2.83. The van der Waals surface area contributed by atoms with Gasteiger partial charge in [0.2, 0.25) is 5.90 Å². The minimum absolute atomic E-state index is 0.301. The van der Waals surface area contributed by atoms with Gasteiger partial charge in [0.25, 0.3) is 0 Å². The summed E-state index contributed by atoms with van der Waals surface area (Å²) >= 11 is 0. The maximum atomic E-state index is 10.3. The number of hydrogen-bond donors (Lipinski definition) is 1. The Hall–Kier alpha value is -1.06. The molecule has 0 aromatic heterocycles. The summed E-state index contributed by atoms with van der Waals surface area (Å²) < 4.78 is 5.03. The fourth-order valence-corrected chi connectivity index (χ4v) is 1.71. The Kier molecular flexibility index (Phi) is 5.92. The maximum Gasteiger partial charge on any atom is 0.231 e. The molecule has 0 radical (unpaired) electrons. The van der Waals surface area contributed by atoms with Gasteiger partial charge in [-0.15, -0.1) is 0 Å². The Morgan fingerprint density at radius 3 is 2.36 bits per heavy atom. The Bertz CT molecular complexity index is 198. The van der Waals surface area contributed by atoms with Crippen molar-refractivity contribution >= 4 is 12.2 Å². The summed E-state index contributed by atoms with van der Waals surface area (Å²) in [5.41, 5.74) is -0.301. The zero-order valence-electron chi connectivity index (χ0n) is 9.12. The second-order valence-electron chi connectivity index (χ2n) is 3.30. The Labute approximate surface area is 84.9 Å². The molecular weight excluding hydrogens is 182 g/mol. The van der Waals surface area contributed by atoms with Gasteiger partial charge in [-0.25, -0.2) is 0 Å². The largest absolute Gasteiger partial charge is 0.482 e. The van der Waals surface area contributed by atoms with Gasteiger partial charge in [0.05, 0.1) is 7.11 Å². The van der Waals surface area contributed by atoms with Gasteiger partial charge in [-0.05, 0) is 19.3 Å². The molecule has 0 aromatic carbocycles. The highest BCUT2D eigenvalue weighted by molar-refractivity contribution is 5.82. The van der Waals surface area contributed by atoms with E-state index in [-0.39, 0.29) is 5.41 Å². The van der Waals surface area contributed by atoms with Crippen LogP contribution in [-0.2, 0) is 9.53 Å². The Balaban J connectivity index is 4.74. The highest BCUT2D eigenvalue weighted by Crippen LogP contribution is 2.33. The van der Waals surface area contributed by atoms with Crippen molar-refractivity contribution in [2.24, 2.45) is 10.6 Å². The van der Waals surface area contributed by atoms with E-state index in [1.807, 2.05) is 13.8 Å². The van der Waals surface area contributed by atoms with E-state index < -0.39 is 0 Å². The van der Waals surface area contributed by atoms with Gasteiger partial charge in [-0.3, -0.25) is 0 Å². The maximum absolute atomic E-state index is 10.3. The first-order valence-corrected chi connectivity index (χ1v) is 4.90. The van der Waals surface area contributed by atoms with Crippen LogP contribution in [0.4, 0.5) is 0 Å². The minimum Gasteiger partial charge on any atom is -0.482 e. The second-order valence-corrected chi connectivity index (χ2v) is 3.30. The average Bonchev–Trinajstić information content (AvgIpc) is 2.24. The molecule has 0 atom stereocenters. The van der Waals surface area contributed by atoms with Crippen molar-refractivity contribution in [1.82, 2.24) is 0 Å². The van der Waals surface area contributed by atoms with E-state index in [1.165, 1.54) is 7.11 Å². The number of ether oxygens (including phenoxy) is 1. The molecular formula is C10H19NO3. The van der Waals surface area contributed by atoms with Crippen LogP contribution in [0.1, 0.15) is 39.5 Å². The first kappa shape index (κ1) is 12.9. The van der Waals surface area contributed by atoms with Crippen molar-refractivity contribution < 1.29 is 14.7 Å². The van der Waals surface area contributed by atoms with E-state index >= 15 is 0 Å². The van der Waals surface area contributed by atoms with Crippen LogP contribution in [0.3, 0.4) is 0 Å². The molecule has 0 bridgehead atoms. The average molecular weight is 201 g/mol. The summed E-state index contributed by atoms with van der Waals surface area (Å²) in [5.74, 6) is 0.323. The number of oxime groups is 1. The molecule has 0 heterocycles. The minimum atomic E-state index is -0.301. The van der Waals surface area contributed by atoms with Crippen LogP contribution in [-0.4, -0.2) is 24.5 Å². The summed E-state index contributed by atoms with van der Waals surface area (Å²) in [6.45, 7) is 4.00. The molecule has 14 heavy (non-hydrogen) atoms. The molecule has 82 valence electrons. The first-order chi connectivity index (χ1) is 6.70. The van der Waals surface area contributed by atoms with E-state index in [1.54, 1.807) is 0 Å². The van der Waals surface area contributed by atoms with Gasteiger partial charge in [0.1, 0.15) is 6.29 Å². The summed E-state index contributed by atoms with van der Waals surface area (Å²) in [5, 5.41) is 11.9. The third-order valence-electron chi connectivity index (χ3n) is 2.83. The van der Waals surface area contributed by atoms with Crippen LogP contribution < -0.4 is 0 Å². The quantitative estimate of drug-likeness (QED) is 0.235. The summed E-state index contributed by atoms with van der Waals surface area (Å²) in [7, 11) is 1.48. The lowest BCUT2D eigenvalue weighted by molar-refractivity contribution is -0.108. The molecule has 4 heteroatoms.